The van der Waals surface area contributed by atoms with E-state index in [9.17, 15) is 19.5 Å². The van der Waals surface area contributed by atoms with E-state index in [0.29, 0.717) is 42.1 Å². The number of halogens is 1. The molecule has 5 atom stereocenters. The number of benzene rings is 3. The minimum absolute atomic E-state index is 0.0641. The lowest BCUT2D eigenvalue weighted by molar-refractivity contribution is -0.150. The molecule has 3 amide bonds. The highest BCUT2D eigenvalue weighted by molar-refractivity contribution is 6.72. The van der Waals surface area contributed by atoms with Crippen molar-refractivity contribution in [1.82, 2.24) is 4.90 Å². The number of rotatable bonds is 9. The largest absolute Gasteiger partial charge is 0.497 e. The zero-order chi connectivity index (χ0) is 36.1. The molecule has 4 aliphatic heterocycles. The minimum atomic E-state index is -3.49. The molecule has 268 valence electrons. The lowest BCUT2D eigenvalue weighted by Gasteiger charge is -2.31. The summed E-state index contributed by atoms with van der Waals surface area (Å²) >= 11 is 0. The highest BCUT2D eigenvalue weighted by atomic mass is 28.4. The quantitative estimate of drug-likeness (QED) is 0.218. The molecule has 3 aromatic rings. The fraction of sp³-hybridized carbons (Fsp3) is 0.436. The molecule has 12 heteroatoms. The van der Waals surface area contributed by atoms with Crippen molar-refractivity contribution in [2.24, 2.45) is 11.0 Å². The van der Waals surface area contributed by atoms with Crippen LogP contribution < -0.4 is 14.6 Å². The molecular formula is C39H45FN4O6Si. The van der Waals surface area contributed by atoms with Crippen molar-refractivity contribution in [2.45, 2.75) is 82.0 Å². The smallest absolute Gasteiger partial charge is 0.264 e. The number of hydrazone groups is 1. The zero-order valence-electron chi connectivity index (χ0n) is 29.5. The second-order valence-corrected chi connectivity index (χ2v) is 18.4. The van der Waals surface area contributed by atoms with E-state index in [1.165, 1.54) is 5.01 Å². The number of anilines is 2. The van der Waals surface area contributed by atoms with Crippen molar-refractivity contribution in [3.63, 3.8) is 0 Å². The highest BCUT2D eigenvalue weighted by Crippen LogP contribution is 2.60. The summed E-state index contributed by atoms with van der Waals surface area (Å²) in [5, 5.41) is 16.0. The zero-order valence-corrected chi connectivity index (χ0v) is 30.5. The van der Waals surface area contributed by atoms with Crippen LogP contribution in [0.5, 0.6) is 5.75 Å². The molecule has 0 bridgehead atoms. The Morgan fingerprint density at radius 2 is 1.82 bits per heavy atom. The standard InChI is InChI=1S/C39H45FN4O6Si/c1-25-37(51(3,4)40)34(22-36(47)42-20-8-11-29(42)24-45)50-39(25)31-21-30(49-2)16-18-33(31)43(38(39)48)23-26-12-14-28(15-13-26)44-35(46)19-17-32(41-44)27-9-6-5-7-10-27/h5-7,9-10,12-16,18,21,25,29,34,37,45H,8,11,17,19-20,22-24H2,1-4H3/t25-,29-,34+,37-,39+/m0/s1. The first-order valence-corrected chi connectivity index (χ1v) is 20.7. The van der Waals surface area contributed by atoms with Gasteiger partial charge in [0.05, 0.1) is 55.9 Å². The maximum absolute atomic E-state index is 16.3. The molecule has 10 nitrogen and oxygen atoms in total. The lowest BCUT2D eigenvalue weighted by atomic mass is 9.82. The van der Waals surface area contributed by atoms with Gasteiger partial charge in [0.1, 0.15) is 5.75 Å². The number of fused-ring (bicyclic) bond motifs is 2. The monoisotopic (exact) mass is 712 g/mol. The first-order chi connectivity index (χ1) is 24.5. The van der Waals surface area contributed by atoms with Gasteiger partial charge in [-0.1, -0.05) is 49.4 Å². The van der Waals surface area contributed by atoms with Gasteiger partial charge < -0.3 is 28.5 Å². The number of carbonyl (C=O) groups excluding carboxylic acids is 3. The maximum atomic E-state index is 16.3. The van der Waals surface area contributed by atoms with Crippen molar-refractivity contribution < 1.29 is 33.1 Å². The molecule has 7 rings (SSSR count). The summed E-state index contributed by atoms with van der Waals surface area (Å²) in [6, 6.07) is 22.4. The molecule has 0 saturated carbocycles. The molecule has 3 aromatic carbocycles. The molecule has 2 saturated heterocycles. The summed E-state index contributed by atoms with van der Waals surface area (Å²) in [6.45, 7) is 5.73. The van der Waals surface area contributed by atoms with Gasteiger partial charge in [0.2, 0.25) is 20.2 Å². The summed E-state index contributed by atoms with van der Waals surface area (Å²) in [5.41, 5.74) is 2.37. The van der Waals surface area contributed by atoms with Gasteiger partial charge in [-0.25, -0.2) is 5.01 Å². The van der Waals surface area contributed by atoms with Crippen molar-refractivity contribution >= 4 is 43.2 Å². The summed E-state index contributed by atoms with van der Waals surface area (Å²) in [5.74, 6) is -0.613. The van der Waals surface area contributed by atoms with E-state index < -0.39 is 31.6 Å². The first kappa shape index (κ1) is 35.0. The molecule has 4 heterocycles. The maximum Gasteiger partial charge on any atom is 0.264 e. The number of aliphatic hydroxyl groups is 1. The minimum Gasteiger partial charge on any atom is -0.497 e. The molecule has 0 radical (unpaired) electrons. The van der Waals surface area contributed by atoms with Gasteiger partial charge in [0, 0.05) is 36.4 Å². The number of amides is 3. The second-order valence-electron chi connectivity index (χ2n) is 14.6. The van der Waals surface area contributed by atoms with Gasteiger partial charge in [-0.3, -0.25) is 14.4 Å². The summed E-state index contributed by atoms with van der Waals surface area (Å²) in [7, 11) is -1.94. The topological polar surface area (TPSA) is 112 Å². The van der Waals surface area contributed by atoms with Crippen molar-refractivity contribution in [3.8, 4) is 5.75 Å². The first-order valence-electron chi connectivity index (χ1n) is 17.8. The molecule has 0 aromatic heterocycles. The molecule has 51 heavy (non-hydrogen) atoms. The number of ether oxygens (including phenoxy) is 2. The number of carbonyl (C=O) groups is 3. The van der Waals surface area contributed by atoms with Crippen LogP contribution in [0, 0.1) is 5.92 Å². The summed E-state index contributed by atoms with van der Waals surface area (Å²) in [6.07, 6.45) is 1.56. The number of methoxy groups -OCH3 is 1. The second kappa shape index (κ2) is 13.6. The highest BCUT2D eigenvalue weighted by Gasteiger charge is 2.67. The fourth-order valence-corrected chi connectivity index (χ4v) is 11.2. The number of hydrogen-bond donors (Lipinski definition) is 1. The SMILES string of the molecule is COc1ccc2c(c1)[C@@]1(O[C@H](CC(=O)N3CCC[C@H]3CO)[C@@H]([Si](C)(C)F)[C@@H]1C)C(=O)N2Cc1ccc(N2N=C(c3ccccc3)CCC2=O)cc1. The number of hydrogen-bond acceptors (Lipinski definition) is 7. The third-order valence-corrected chi connectivity index (χ3v) is 13.6. The van der Waals surface area contributed by atoms with E-state index in [2.05, 4.69) is 5.10 Å². The Hall–Kier alpha value is -4.39. The van der Waals surface area contributed by atoms with E-state index in [0.717, 1.165) is 29.7 Å². The van der Waals surface area contributed by atoms with Crippen LogP contribution in [-0.4, -0.2) is 74.3 Å². The Morgan fingerprint density at radius 1 is 1.08 bits per heavy atom. The average molecular weight is 713 g/mol. The Morgan fingerprint density at radius 3 is 2.51 bits per heavy atom. The molecule has 1 spiro atoms. The normalized spacial score (nSPS) is 26.2. The van der Waals surface area contributed by atoms with Gasteiger partial charge in [0.15, 0.2) is 5.60 Å². The van der Waals surface area contributed by atoms with E-state index in [-0.39, 0.29) is 43.3 Å². The predicted octanol–water partition coefficient (Wildman–Crippen LogP) is 5.92. The van der Waals surface area contributed by atoms with Gasteiger partial charge in [-0.15, -0.1) is 0 Å². The molecular weight excluding hydrogens is 668 g/mol. The van der Waals surface area contributed by atoms with E-state index in [1.807, 2.05) is 67.6 Å². The average Bonchev–Trinajstić information content (AvgIpc) is 3.79. The van der Waals surface area contributed by atoms with Crippen LogP contribution in [0.3, 0.4) is 0 Å². The lowest BCUT2D eigenvalue weighted by Crippen LogP contribution is -2.45. The molecule has 0 aliphatic carbocycles. The Balaban J connectivity index is 1.19. The molecule has 0 unspecified atom stereocenters. The molecule has 1 N–H and O–H groups in total. The van der Waals surface area contributed by atoms with Crippen molar-refractivity contribution in [2.75, 3.05) is 30.2 Å². The van der Waals surface area contributed by atoms with Gasteiger partial charge in [-0.05, 0) is 67.4 Å². The predicted molar refractivity (Wildman–Crippen MR) is 195 cm³/mol. The number of nitrogens with zero attached hydrogens (tertiary/aromatic N) is 4. The van der Waals surface area contributed by atoms with E-state index in [4.69, 9.17) is 9.47 Å². The third kappa shape index (κ3) is 6.16. The Kier molecular flexibility index (Phi) is 9.36. The number of likely N-dealkylation sites (tertiary alicyclic amines) is 1. The van der Waals surface area contributed by atoms with Crippen LogP contribution in [0.1, 0.15) is 55.7 Å². The van der Waals surface area contributed by atoms with Crippen LogP contribution >= 0.6 is 0 Å². The van der Waals surface area contributed by atoms with E-state index in [1.54, 1.807) is 42.1 Å². The van der Waals surface area contributed by atoms with Gasteiger partial charge >= 0.3 is 0 Å². The van der Waals surface area contributed by atoms with E-state index >= 15 is 4.11 Å². The summed E-state index contributed by atoms with van der Waals surface area (Å²) < 4.78 is 28.7. The summed E-state index contributed by atoms with van der Waals surface area (Å²) in [4.78, 5) is 44.7. The van der Waals surface area contributed by atoms with Crippen molar-refractivity contribution in [1.29, 1.82) is 0 Å². The third-order valence-electron chi connectivity index (χ3n) is 11.1. The van der Waals surface area contributed by atoms with Gasteiger partial charge in [-0.2, -0.15) is 5.10 Å². The van der Waals surface area contributed by atoms with Crippen molar-refractivity contribution in [3.05, 3.63) is 89.5 Å². The Labute approximate surface area is 299 Å². The molecule has 4 aliphatic rings. The van der Waals surface area contributed by atoms with Gasteiger partial charge in [0.25, 0.3) is 5.91 Å². The van der Waals surface area contributed by atoms with Crippen LogP contribution in [0.25, 0.3) is 0 Å². The molecule has 2 fully saturated rings. The van der Waals surface area contributed by atoms with Crippen LogP contribution in [0.15, 0.2) is 77.9 Å². The van der Waals surface area contributed by atoms with Crippen LogP contribution in [0.4, 0.5) is 15.5 Å². The Bertz CT molecular complexity index is 1850. The number of aliphatic hydroxyl groups excluding tert-OH is 1. The van der Waals surface area contributed by atoms with Crippen LogP contribution in [0.2, 0.25) is 18.6 Å². The van der Waals surface area contributed by atoms with Crippen LogP contribution in [-0.2, 0) is 31.3 Å². The fourth-order valence-electron chi connectivity index (χ4n) is 8.67.